The van der Waals surface area contributed by atoms with E-state index in [1.165, 1.54) is 26.2 Å². The lowest BCUT2D eigenvalue weighted by Gasteiger charge is -2.20. The SMILES string of the molecule is CNC(=O)C(C)CN(C)S(=O)(=O)c1ccc(CC#N)cc1. The normalized spacial score (nSPS) is 12.7. The van der Waals surface area contributed by atoms with Gasteiger partial charge in [0.25, 0.3) is 0 Å². The van der Waals surface area contributed by atoms with E-state index in [0.29, 0.717) is 0 Å². The van der Waals surface area contributed by atoms with Gasteiger partial charge in [-0.3, -0.25) is 4.79 Å². The van der Waals surface area contributed by atoms with Gasteiger partial charge >= 0.3 is 0 Å². The summed E-state index contributed by atoms with van der Waals surface area (Å²) in [4.78, 5) is 11.6. The molecule has 1 rings (SSSR count). The van der Waals surface area contributed by atoms with E-state index < -0.39 is 15.9 Å². The lowest BCUT2D eigenvalue weighted by atomic mass is 10.2. The Balaban J connectivity index is 2.89. The number of rotatable bonds is 6. The van der Waals surface area contributed by atoms with E-state index in [1.54, 1.807) is 19.1 Å². The minimum Gasteiger partial charge on any atom is -0.359 e. The van der Waals surface area contributed by atoms with E-state index in [-0.39, 0.29) is 23.8 Å². The molecule has 0 saturated heterocycles. The van der Waals surface area contributed by atoms with Gasteiger partial charge in [0.2, 0.25) is 15.9 Å². The lowest BCUT2D eigenvalue weighted by Crippen LogP contribution is -2.37. The Morgan fingerprint density at radius 1 is 1.38 bits per heavy atom. The summed E-state index contributed by atoms with van der Waals surface area (Å²) in [5.74, 6) is -0.644. The highest BCUT2D eigenvalue weighted by molar-refractivity contribution is 7.89. The zero-order valence-electron chi connectivity index (χ0n) is 12.3. The number of hydrogen-bond acceptors (Lipinski definition) is 4. The van der Waals surface area contributed by atoms with Crippen LogP contribution in [0, 0.1) is 17.2 Å². The van der Waals surface area contributed by atoms with Crippen molar-refractivity contribution in [2.24, 2.45) is 5.92 Å². The number of hydrogen-bond donors (Lipinski definition) is 1. The van der Waals surface area contributed by atoms with Crippen LogP contribution in [0.5, 0.6) is 0 Å². The van der Waals surface area contributed by atoms with Crippen molar-refractivity contribution in [3.05, 3.63) is 29.8 Å². The molecule has 0 aliphatic rings. The summed E-state index contributed by atoms with van der Waals surface area (Å²) < 4.78 is 25.9. The van der Waals surface area contributed by atoms with Crippen molar-refractivity contribution in [1.29, 1.82) is 5.26 Å². The van der Waals surface area contributed by atoms with E-state index in [0.717, 1.165) is 9.87 Å². The molecule has 1 N–H and O–H groups in total. The number of amides is 1. The molecule has 0 saturated carbocycles. The molecule has 1 aromatic rings. The van der Waals surface area contributed by atoms with Crippen molar-refractivity contribution in [3.63, 3.8) is 0 Å². The van der Waals surface area contributed by atoms with Gasteiger partial charge < -0.3 is 5.32 Å². The first-order valence-corrected chi connectivity index (χ1v) is 7.90. The molecule has 0 aliphatic heterocycles. The third-order valence-corrected chi connectivity index (χ3v) is 4.98. The van der Waals surface area contributed by atoms with E-state index >= 15 is 0 Å². The van der Waals surface area contributed by atoms with Crippen LogP contribution in [-0.2, 0) is 21.2 Å². The third kappa shape index (κ3) is 4.28. The van der Waals surface area contributed by atoms with Gasteiger partial charge in [0, 0.05) is 26.6 Å². The second-order valence-electron chi connectivity index (χ2n) is 4.78. The van der Waals surface area contributed by atoms with Crippen molar-refractivity contribution < 1.29 is 13.2 Å². The smallest absolute Gasteiger partial charge is 0.242 e. The van der Waals surface area contributed by atoms with Crippen LogP contribution in [-0.4, -0.2) is 39.3 Å². The minimum atomic E-state index is -3.64. The zero-order valence-corrected chi connectivity index (χ0v) is 13.1. The predicted octanol–water partition coefficient (Wildman–Crippen LogP) is 0.755. The van der Waals surface area contributed by atoms with Gasteiger partial charge in [0.1, 0.15) is 0 Å². The number of carbonyl (C=O) groups is 1. The number of carbonyl (C=O) groups excluding carboxylic acids is 1. The Morgan fingerprint density at radius 3 is 2.43 bits per heavy atom. The monoisotopic (exact) mass is 309 g/mol. The zero-order chi connectivity index (χ0) is 16.0. The topological polar surface area (TPSA) is 90.3 Å². The second kappa shape index (κ2) is 7.20. The van der Waals surface area contributed by atoms with Crippen LogP contribution < -0.4 is 5.32 Å². The molecule has 7 heteroatoms. The van der Waals surface area contributed by atoms with Crippen LogP contribution in [0.15, 0.2) is 29.2 Å². The summed E-state index contributed by atoms with van der Waals surface area (Å²) in [6.45, 7) is 1.77. The maximum Gasteiger partial charge on any atom is 0.242 e. The Bertz CT molecular complexity index is 632. The molecule has 0 aliphatic carbocycles. The second-order valence-corrected chi connectivity index (χ2v) is 6.82. The number of nitrogens with one attached hydrogen (secondary N) is 1. The number of nitriles is 1. The Kier molecular flexibility index (Phi) is 5.88. The van der Waals surface area contributed by atoms with Crippen molar-refractivity contribution in [3.8, 4) is 6.07 Å². The fourth-order valence-corrected chi connectivity index (χ4v) is 3.12. The predicted molar refractivity (Wildman–Crippen MR) is 78.8 cm³/mol. The number of sulfonamides is 1. The van der Waals surface area contributed by atoms with E-state index in [9.17, 15) is 13.2 Å². The standard InChI is InChI=1S/C14H19N3O3S/c1-11(14(18)16-2)10-17(3)21(19,20)13-6-4-12(5-7-13)8-9-15/h4-7,11H,8,10H2,1-3H3,(H,16,18). The molecule has 0 spiro atoms. The van der Waals surface area contributed by atoms with E-state index in [1.807, 2.05) is 6.07 Å². The van der Waals surface area contributed by atoms with Gasteiger partial charge in [-0.2, -0.15) is 5.26 Å². The maximum absolute atomic E-state index is 12.4. The molecule has 0 fully saturated rings. The van der Waals surface area contributed by atoms with Gasteiger partial charge in [-0.15, -0.1) is 0 Å². The van der Waals surface area contributed by atoms with Crippen molar-refractivity contribution in [1.82, 2.24) is 9.62 Å². The van der Waals surface area contributed by atoms with Crippen molar-refractivity contribution in [2.45, 2.75) is 18.2 Å². The average molecular weight is 309 g/mol. The first kappa shape index (κ1) is 17.1. The maximum atomic E-state index is 12.4. The lowest BCUT2D eigenvalue weighted by molar-refractivity contribution is -0.124. The highest BCUT2D eigenvalue weighted by Gasteiger charge is 2.24. The van der Waals surface area contributed by atoms with Crippen LogP contribution in [0.1, 0.15) is 12.5 Å². The van der Waals surface area contributed by atoms with Gasteiger partial charge in [-0.05, 0) is 17.7 Å². The molecule has 1 aromatic carbocycles. The number of benzene rings is 1. The van der Waals surface area contributed by atoms with Crippen LogP contribution >= 0.6 is 0 Å². The first-order chi connectivity index (χ1) is 9.82. The fraction of sp³-hybridized carbons (Fsp3) is 0.429. The van der Waals surface area contributed by atoms with E-state index in [4.69, 9.17) is 5.26 Å². The molecule has 21 heavy (non-hydrogen) atoms. The van der Waals surface area contributed by atoms with Crippen LogP contribution in [0.2, 0.25) is 0 Å². The summed E-state index contributed by atoms with van der Waals surface area (Å²) in [7, 11) is -0.680. The molecule has 1 atom stereocenters. The molecule has 1 unspecified atom stereocenters. The van der Waals surface area contributed by atoms with Crippen LogP contribution in [0.3, 0.4) is 0 Å². The van der Waals surface area contributed by atoms with Crippen LogP contribution in [0.4, 0.5) is 0 Å². The molecule has 0 radical (unpaired) electrons. The summed E-state index contributed by atoms with van der Waals surface area (Å²) in [5.41, 5.74) is 0.762. The van der Waals surface area contributed by atoms with Crippen LogP contribution in [0.25, 0.3) is 0 Å². The molecular formula is C14H19N3O3S. The molecule has 0 bridgehead atoms. The van der Waals surface area contributed by atoms with E-state index in [2.05, 4.69) is 5.32 Å². The Morgan fingerprint density at radius 2 is 1.95 bits per heavy atom. The number of nitrogens with zero attached hydrogens (tertiary/aromatic N) is 2. The van der Waals surface area contributed by atoms with Crippen molar-refractivity contribution >= 4 is 15.9 Å². The minimum absolute atomic E-state index is 0.0992. The van der Waals surface area contributed by atoms with Gasteiger partial charge in [-0.25, -0.2) is 12.7 Å². The van der Waals surface area contributed by atoms with Gasteiger partial charge in [0.05, 0.1) is 17.4 Å². The first-order valence-electron chi connectivity index (χ1n) is 6.46. The summed E-state index contributed by atoms with van der Waals surface area (Å²) in [6, 6.07) is 8.19. The molecule has 0 heterocycles. The molecule has 114 valence electrons. The van der Waals surface area contributed by atoms with Gasteiger partial charge in [0.15, 0.2) is 0 Å². The molecule has 6 nitrogen and oxygen atoms in total. The average Bonchev–Trinajstić information content (AvgIpc) is 2.47. The Labute approximate surface area is 125 Å². The van der Waals surface area contributed by atoms with Crippen molar-refractivity contribution in [2.75, 3.05) is 20.6 Å². The molecular weight excluding hydrogens is 290 g/mol. The highest BCUT2D eigenvalue weighted by atomic mass is 32.2. The largest absolute Gasteiger partial charge is 0.359 e. The summed E-state index contributed by atoms with van der Waals surface area (Å²) >= 11 is 0. The molecule has 1 amide bonds. The highest BCUT2D eigenvalue weighted by Crippen LogP contribution is 2.16. The third-order valence-electron chi connectivity index (χ3n) is 3.14. The quantitative estimate of drug-likeness (QED) is 0.840. The fourth-order valence-electron chi connectivity index (χ4n) is 1.86. The summed E-state index contributed by atoms with van der Waals surface area (Å²) in [5, 5.41) is 11.1. The molecule has 0 aromatic heterocycles. The summed E-state index contributed by atoms with van der Waals surface area (Å²) in [6.07, 6.45) is 0.240. The van der Waals surface area contributed by atoms with Gasteiger partial charge in [-0.1, -0.05) is 19.1 Å². The Hall–Kier alpha value is -1.91.